The van der Waals surface area contributed by atoms with Gasteiger partial charge in [-0.1, -0.05) is 0 Å². The highest BCUT2D eigenvalue weighted by molar-refractivity contribution is 6.16. The molecule has 0 aliphatic carbocycles. The van der Waals surface area contributed by atoms with Gasteiger partial charge in [-0.25, -0.2) is 0 Å². The van der Waals surface area contributed by atoms with Gasteiger partial charge in [0.25, 0.3) is 17.5 Å². The maximum absolute atomic E-state index is 12.2. The highest BCUT2D eigenvalue weighted by Gasteiger charge is 2.49. The largest absolute Gasteiger partial charge is 0.467 e. The van der Waals surface area contributed by atoms with Crippen molar-refractivity contribution in [2.75, 3.05) is 11.9 Å². The van der Waals surface area contributed by atoms with E-state index in [0.717, 1.165) is 17.9 Å². The minimum atomic E-state index is -2.05. The molecule has 10 nitrogen and oxygen atoms in total. The van der Waals surface area contributed by atoms with Crippen LogP contribution in [0.5, 0.6) is 5.75 Å². The van der Waals surface area contributed by atoms with Crippen molar-refractivity contribution in [2.24, 2.45) is 5.11 Å². The maximum atomic E-state index is 12.2. The monoisotopic (exact) mass is 291 g/mol. The second kappa shape index (κ2) is 4.76. The second-order valence-corrected chi connectivity index (χ2v) is 4.40. The molecule has 1 aliphatic rings. The summed E-state index contributed by atoms with van der Waals surface area (Å²) < 4.78 is 5.30. The number of likely N-dealkylation sites (N-methyl/N-ethyl adjacent to an activating group) is 1. The van der Waals surface area contributed by atoms with Crippen molar-refractivity contribution >= 4 is 23.2 Å². The van der Waals surface area contributed by atoms with E-state index in [2.05, 4.69) is 10.0 Å². The Morgan fingerprint density at radius 2 is 2.24 bits per heavy atom. The van der Waals surface area contributed by atoms with Crippen LogP contribution in [0.15, 0.2) is 23.3 Å². The lowest BCUT2D eigenvalue weighted by atomic mass is 10.0. The van der Waals surface area contributed by atoms with Crippen molar-refractivity contribution in [2.45, 2.75) is 12.5 Å². The molecule has 0 fully saturated rings. The molecule has 1 heterocycles. The molecule has 1 aromatic rings. The van der Waals surface area contributed by atoms with Gasteiger partial charge in [-0.15, -0.1) is 0 Å². The number of nitrogens with zero attached hydrogens (tertiary/aromatic N) is 5. The number of hydrogen-bond acceptors (Lipinski definition) is 5. The SMILES string of the molecule is CN1C(=O)C(C)(C(=O)N=[N+]=[N-])Oc2cc([N+](=O)[O-])ccc21. The zero-order valence-electron chi connectivity index (χ0n) is 11.0. The van der Waals surface area contributed by atoms with Gasteiger partial charge in [0.2, 0.25) is 5.60 Å². The van der Waals surface area contributed by atoms with E-state index in [9.17, 15) is 19.7 Å². The number of nitro benzene ring substituents is 1. The Labute approximate surface area is 117 Å². The van der Waals surface area contributed by atoms with Crippen LogP contribution in [0.2, 0.25) is 0 Å². The Balaban J connectivity index is 2.57. The topological polar surface area (TPSA) is 139 Å². The summed E-state index contributed by atoms with van der Waals surface area (Å²) in [7, 11) is 1.39. The van der Waals surface area contributed by atoms with Crippen LogP contribution in [-0.2, 0) is 9.59 Å². The Morgan fingerprint density at radius 3 is 2.81 bits per heavy atom. The van der Waals surface area contributed by atoms with Crippen molar-refractivity contribution in [1.29, 1.82) is 0 Å². The van der Waals surface area contributed by atoms with Crippen molar-refractivity contribution in [3.8, 4) is 5.75 Å². The van der Waals surface area contributed by atoms with Crippen molar-refractivity contribution in [3.63, 3.8) is 0 Å². The van der Waals surface area contributed by atoms with Crippen LogP contribution in [0.4, 0.5) is 11.4 Å². The molecule has 0 N–H and O–H groups in total. The zero-order chi connectivity index (χ0) is 15.8. The number of azide groups is 1. The minimum Gasteiger partial charge on any atom is -0.467 e. The summed E-state index contributed by atoms with van der Waals surface area (Å²) in [6, 6.07) is 3.65. The number of ether oxygens (including phenoxy) is 1. The molecule has 0 bridgehead atoms. The molecular formula is C11H9N5O5. The average molecular weight is 291 g/mol. The van der Waals surface area contributed by atoms with Crippen LogP contribution in [0.3, 0.4) is 0 Å². The number of nitro groups is 1. The quantitative estimate of drug-likeness (QED) is 0.203. The number of fused-ring (bicyclic) bond motifs is 1. The molecule has 1 aromatic carbocycles. The van der Waals surface area contributed by atoms with Gasteiger partial charge in [0, 0.05) is 18.0 Å². The fourth-order valence-corrected chi connectivity index (χ4v) is 1.94. The predicted molar refractivity (Wildman–Crippen MR) is 69.7 cm³/mol. The summed E-state index contributed by atoms with van der Waals surface area (Å²) in [5.41, 5.74) is 6.28. The molecule has 0 radical (unpaired) electrons. The number of anilines is 1. The third kappa shape index (κ3) is 2.13. The van der Waals surface area contributed by atoms with Gasteiger partial charge < -0.3 is 9.64 Å². The smallest absolute Gasteiger partial charge is 0.278 e. The van der Waals surface area contributed by atoms with Crippen molar-refractivity contribution in [3.05, 3.63) is 38.8 Å². The lowest BCUT2D eigenvalue weighted by Gasteiger charge is -2.36. The van der Waals surface area contributed by atoms with E-state index in [4.69, 9.17) is 10.3 Å². The molecule has 1 aliphatic heterocycles. The third-order valence-corrected chi connectivity index (χ3v) is 3.09. The van der Waals surface area contributed by atoms with E-state index in [-0.39, 0.29) is 17.1 Å². The number of benzene rings is 1. The highest BCUT2D eigenvalue weighted by Crippen LogP contribution is 2.39. The van der Waals surface area contributed by atoms with Crippen LogP contribution < -0.4 is 9.64 Å². The summed E-state index contributed by atoms with van der Waals surface area (Å²) in [5, 5.41) is 13.6. The Bertz CT molecular complexity index is 711. The van der Waals surface area contributed by atoms with E-state index in [1.54, 1.807) is 0 Å². The number of amides is 2. The fraction of sp³-hybridized carbons (Fsp3) is 0.273. The molecule has 108 valence electrons. The van der Waals surface area contributed by atoms with Crippen molar-refractivity contribution < 1.29 is 19.2 Å². The summed E-state index contributed by atoms with van der Waals surface area (Å²) in [4.78, 5) is 37.6. The number of hydrogen-bond donors (Lipinski definition) is 0. The van der Waals surface area contributed by atoms with Crippen LogP contribution in [0, 0.1) is 10.1 Å². The molecule has 2 rings (SSSR count). The summed E-state index contributed by atoms with van der Waals surface area (Å²) in [6.45, 7) is 1.14. The number of non-ortho nitro benzene ring substituents is 1. The first kappa shape index (κ1) is 14.3. The number of carbonyl (C=O) groups is 2. The molecule has 0 saturated heterocycles. The molecule has 2 amide bonds. The normalized spacial score (nSPS) is 20.1. The summed E-state index contributed by atoms with van der Waals surface area (Å²) >= 11 is 0. The van der Waals surface area contributed by atoms with Gasteiger partial charge >= 0.3 is 0 Å². The number of carbonyl (C=O) groups excluding carboxylic acids is 2. The first-order valence-electron chi connectivity index (χ1n) is 5.66. The maximum Gasteiger partial charge on any atom is 0.278 e. The van der Waals surface area contributed by atoms with Crippen molar-refractivity contribution in [1.82, 2.24) is 0 Å². The number of rotatable bonds is 2. The van der Waals surface area contributed by atoms with Gasteiger partial charge in [-0.05, 0) is 23.6 Å². The standard InChI is InChI=1S/C11H9N5O5/c1-11(9(17)13-14-12)10(18)15(2)7-4-3-6(16(19)20)5-8(7)21-11/h3-5H,1-2H3. The van der Waals surface area contributed by atoms with E-state index in [0.29, 0.717) is 0 Å². The van der Waals surface area contributed by atoms with E-state index in [1.807, 2.05) is 0 Å². The van der Waals surface area contributed by atoms with Gasteiger partial charge in [-0.2, -0.15) is 0 Å². The van der Waals surface area contributed by atoms with Gasteiger partial charge in [-0.3, -0.25) is 19.7 Å². The Morgan fingerprint density at radius 1 is 1.57 bits per heavy atom. The third-order valence-electron chi connectivity index (χ3n) is 3.09. The highest BCUT2D eigenvalue weighted by atomic mass is 16.6. The molecular weight excluding hydrogens is 282 g/mol. The summed E-state index contributed by atoms with van der Waals surface area (Å²) in [5.74, 6) is -1.88. The zero-order valence-corrected chi connectivity index (χ0v) is 11.0. The van der Waals surface area contributed by atoms with Gasteiger partial charge in [0.15, 0.2) is 5.75 Å². The molecule has 10 heteroatoms. The molecule has 0 spiro atoms. The first-order valence-corrected chi connectivity index (χ1v) is 5.66. The minimum absolute atomic E-state index is 0.0183. The summed E-state index contributed by atoms with van der Waals surface area (Å²) in [6.07, 6.45) is 0. The Hall–Kier alpha value is -3.13. The lowest BCUT2D eigenvalue weighted by molar-refractivity contribution is -0.385. The van der Waals surface area contributed by atoms with E-state index >= 15 is 0 Å². The van der Waals surface area contributed by atoms with Crippen LogP contribution in [-0.4, -0.2) is 29.4 Å². The van der Waals surface area contributed by atoms with E-state index < -0.39 is 22.3 Å². The molecule has 0 saturated carbocycles. The van der Waals surface area contributed by atoms with E-state index in [1.165, 1.54) is 19.2 Å². The van der Waals surface area contributed by atoms with Crippen LogP contribution in [0.1, 0.15) is 6.92 Å². The molecule has 21 heavy (non-hydrogen) atoms. The Kier molecular flexibility index (Phi) is 3.24. The van der Waals surface area contributed by atoms with Crippen LogP contribution in [0.25, 0.3) is 10.4 Å². The van der Waals surface area contributed by atoms with Gasteiger partial charge in [0.1, 0.15) is 0 Å². The average Bonchev–Trinajstić information content (AvgIpc) is 2.44. The predicted octanol–water partition coefficient (Wildman–Crippen LogP) is 1.55. The molecule has 0 aromatic heterocycles. The van der Waals surface area contributed by atoms with Gasteiger partial charge in [0.05, 0.1) is 16.7 Å². The van der Waals surface area contributed by atoms with Crippen LogP contribution >= 0.6 is 0 Å². The first-order chi connectivity index (χ1) is 9.81. The fourth-order valence-electron chi connectivity index (χ4n) is 1.94. The molecule has 1 unspecified atom stereocenters. The molecule has 1 atom stereocenters. The lowest BCUT2D eigenvalue weighted by Crippen LogP contribution is -2.57. The second-order valence-electron chi connectivity index (χ2n) is 4.40.